The average molecular weight is 237 g/mol. The third-order valence-corrected chi connectivity index (χ3v) is 3.06. The summed E-state index contributed by atoms with van der Waals surface area (Å²) in [6.45, 7) is 0.891. The van der Waals surface area contributed by atoms with Gasteiger partial charge < -0.3 is 10.4 Å². The Morgan fingerprint density at radius 3 is 2.47 bits per heavy atom. The third kappa shape index (κ3) is 2.34. The van der Waals surface area contributed by atoms with Crippen LogP contribution in [0.5, 0.6) is 0 Å². The number of aliphatic carboxylic acids is 1. The van der Waals surface area contributed by atoms with Crippen molar-refractivity contribution in [2.75, 3.05) is 13.1 Å². The second-order valence-electron chi connectivity index (χ2n) is 4.09. The number of carboxylic acids is 1. The molecular formula is C12H12FNO3. The Morgan fingerprint density at radius 2 is 1.88 bits per heavy atom. The third-order valence-electron chi connectivity index (χ3n) is 3.06. The quantitative estimate of drug-likeness (QED) is 0.762. The number of hydrogen-bond donors (Lipinski definition) is 2. The van der Waals surface area contributed by atoms with Gasteiger partial charge in [0.05, 0.1) is 0 Å². The Bertz CT molecular complexity index is 444. The zero-order chi connectivity index (χ0) is 12.4. The van der Waals surface area contributed by atoms with Gasteiger partial charge in [0.1, 0.15) is 5.82 Å². The highest BCUT2D eigenvalue weighted by molar-refractivity contribution is 6.33. The summed E-state index contributed by atoms with van der Waals surface area (Å²) in [4.78, 5) is 22.2. The molecule has 0 aliphatic carbocycles. The summed E-state index contributed by atoms with van der Waals surface area (Å²) in [6.07, 6.45) is 0. The molecule has 5 heteroatoms. The Hall–Kier alpha value is -1.75. The Kier molecular flexibility index (Phi) is 3.19. The van der Waals surface area contributed by atoms with Crippen molar-refractivity contribution in [3.05, 3.63) is 35.6 Å². The second kappa shape index (κ2) is 4.63. The van der Waals surface area contributed by atoms with Crippen LogP contribution in [-0.2, 0) is 9.59 Å². The van der Waals surface area contributed by atoms with Gasteiger partial charge in [-0.2, -0.15) is 0 Å². The van der Waals surface area contributed by atoms with E-state index in [1.165, 1.54) is 12.1 Å². The van der Waals surface area contributed by atoms with Crippen LogP contribution in [0, 0.1) is 11.7 Å². The first-order chi connectivity index (χ1) is 8.09. The van der Waals surface area contributed by atoms with Gasteiger partial charge in [0, 0.05) is 24.9 Å². The summed E-state index contributed by atoms with van der Waals surface area (Å²) in [5, 5.41) is 11.7. The van der Waals surface area contributed by atoms with E-state index in [1.54, 1.807) is 12.1 Å². The molecule has 1 heterocycles. The highest BCUT2D eigenvalue weighted by Crippen LogP contribution is 2.28. The molecule has 0 aromatic heterocycles. The maximum atomic E-state index is 12.8. The van der Waals surface area contributed by atoms with Crippen molar-refractivity contribution < 1.29 is 19.1 Å². The van der Waals surface area contributed by atoms with Gasteiger partial charge in [0.2, 0.25) is 5.78 Å². The van der Waals surface area contributed by atoms with Crippen molar-refractivity contribution in [1.29, 1.82) is 0 Å². The average Bonchev–Trinajstić information content (AvgIpc) is 2.77. The number of rotatable bonds is 3. The fourth-order valence-electron chi connectivity index (χ4n) is 2.17. The monoisotopic (exact) mass is 237 g/mol. The van der Waals surface area contributed by atoms with Crippen molar-refractivity contribution in [2.24, 2.45) is 5.92 Å². The predicted octanol–water partition coefficient (Wildman–Crippen LogP) is 0.782. The summed E-state index contributed by atoms with van der Waals surface area (Å²) < 4.78 is 12.8. The maximum Gasteiger partial charge on any atom is 0.372 e. The normalized spacial score (nSPS) is 23.6. The molecule has 1 aromatic rings. The molecule has 0 spiro atoms. The number of carbonyl (C=O) groups is 2. The number of halogens is 1. The van der Waals surface area contributed by atoms with Crippen LogP contribution >= 0.6 is 0 Å². The highest BCUT2D eigenvalue weighted by Gasteiger charge is 2.36. The van der Waals surface area contributed by atoms with Crippen molar-refractivity contribution in [2.45, 2.75) is 5.92 Å². The number of Topliss-reactive ketones (excluding diaryl/α,β-unsaturated/α-hetero) is 1. The van der Waals surface area contributed by atoms with Crippen LogP contribution in [0.1, 0.15) is 11.5 Å². The number of carboxylic acid groups (broad SMARTS) is 1. The van der Waals surface area contributed by atoms with E-state index in [0.29, 0.717) is 13.1 Å². The molecule has 1 aliphatic heterocycles. The molecule has 1 fully saturated rings. The summed E-state index contributed by atoms with van der Waals surface area (Å²) in [6, 6.07) is 5.82. The van der Waals surface area contributed by atoms with Crippen LogP contribution in [0.2, 0.25) is 0 Å². The number of hydrogen-bond acceptors (Lipinski definition) is 3. The molecule has 0 saturated carbocycles. The van der Waals surface area contributed by atoms with E-state index in [2.05, 4.69) is 5.32 Å². The number of benzene rings is 1. The van der Waals surface area contributed by atoms with E-state index in [-0.39, 0.29) is 11.7 Å². The molecule has 0 radical (unpaired) electrons. The van der Waals surface area contributed by atoms with Gasteiger partial charge in [-0.3, -0.25) is 4.79 Å². The van der Waals surface area contributed by atoms with Gasteiger partial charge in [-0.05, 0) is 17.7 Å². The first kappa shape index (κ1) is 11.7. The summed E-state index contributed by atoms with van der Waals surface area (Å²) in [7, 11) is 0. The van der Waals surface area contributed by atoms with Gasteiger partial charge in [0.25, 0.3) is 0 Å². The summed E-state index contributed by atoms with van der Waals surface area (Å²) in [5.41, 5.74) is 0.788. The maximum absolute atomic E-state index is 12.8. The number of carbonyl (C=O) groups excluding carboxylic acids is 1. The molecule has 0 bridgehead atoms. The predicted molar refractivity (Wildman–Crippen MR) is 58.1 cm³/mol. The molecule has 1 aliphatic rings. The Morgan fingerprint density at radius 1 is 1.24 bits per heavy atom. The first-order valence-corrected chi connectivity index (χ1v) is 5.33. The standard InChI is InChI=1S/C12H12FNO3/c13-8-3-1-7(2-4-8)9-5-14-6-10(9)11(15)12(16)17/h1-4,9-10,14H,5-6H2,(H,16,17)/t9-,10+/m1/s1. The highest BCUT2D eigenvalue weighted by atomic mass is 19.1. The number of nitrogens with one attached hydrogen (secondary N) is 1. The largest absolute Gasteiger partial charge is 0.475 e. The molecule has 1 aromatic carbocycles. The van der Waals surface area contributed by atoms with Gasteiger partial charge in [-0.25, -0.2) is 9.18 Å². The van der Waals surface area contributed by atoms with Crippen LogP contribution in [-0.4, -0.2) is 29.9 Å². The lowest BCUT2D eigenvalue weighted by Gasteiger charge is -2.15. The van der Waals surface area contributed by atoms with E-state index in [0.717, 1.165) is 5.56 Å². The molecule has 0 unspecified atom stereocenters. The lowest BCUT2D eigenvalue weighted by molar-refractivity contribution is -0.151. The lowest BCUT2D eigenvalue weighted by atomic mass is 9.86. The van der Waals surface area contributed by atoms with Crippen molar-refractivity contribution in [3.8, 4) is 0 Å². The zero-order valence-electron chi connectivity index (χ0n) is 9.02. The summed E-state index contributed by atoms with van der Waals surface area (Å²) >= 11 is 0. The molecule has 17 heavy (non-hydrogen) atoms. The molecule has 2 atom stereocenters. The fourth-order valence-corrected chi connectivity index (χ4v) is 2.17. The molecule has 2 N–H and O–H groups in total. The SMILES string of the molecule is O=C(O)C(=O)[C@H]1CNC[C@@H]1c1ccc(F)cc1. The van der Waals surface area contributed by atoms with E-state index in [9.17, 15) is 14.0 Å². The van der Waals surface area contributed by atoms with Crippen molar-refractivity contribution in [3.63, 3.8) is 0 Å². The topological polar surface area (TPSA) is 66.4 Å². The molecule has 0 amide bonds. The van der Waals surface area contributed by atoms with E-state index >= 15 is 0 Å². The lowest BCUT2D eigenvalue weighted by Crippen LogP contribution is -2.28. The molecule has 90 valence electrons. The van der Waals surface area contributed by atoms with Gasteiger partial charge >= 0.3 is 5.97 Å². The Balaban J connectivity index is 2.22. The van der Waals surface area contributed by atoms with Crippen LogP contribution in [0.15, 0.2) is 24.3 Å². The molecule has 4 nitrogen and oxygen atoms in total. The molecular weight excluding hydrogens is 225 g/mol. The van der Waals surface area contributed by atoms with Crippen LogP contribution in [0.3, 0.4) is 0 Å². The van der Waals surface area contributed by atoms with Crippen molar-refractivity contribution in [1.82, 2.24) is 5.32 Å². The minimum Gasteiger partial charge on any atom is -0.475 e. The smallest absolute Gasteiger partial charge is 0.372 e. The van der Waals surface area contributed by atoms with Gasteiger partial charge in [0.15, 0.2) is 0 Å². The summed E-state index contributed by atoms with van der Waals surface area (Å²) in [5.74, 6) is -3.31. The Labute approximate surface area is 97.4 Å². The molecule has 1 saturated heterocycles. The van der Waals surface area contributed by atoms with E-state index in [4.69, 9.17) is 5.11 Å². The van der Waals surface area contributed by atoms with Crippen molar-refractivity contribution >= 4 is 11.8 Å². The van der Waals surface area contributed by atoms with Gasteiger partial charge in [-0.15, -0.1) is 0 Å². The van der Waals surface area contributed by atoms with Crippen LogP contribution in [0.4, 0.5) is 4.39 Å². The first-order valence-electron chi connectivity index (χ1n) is 5.33. The molecule has 2 rings (SSSR count). The minimum absolute atomic E-state index is 0.195. The van der Waals surface area contributed by atoms with E-state index in [1.807, 2.05) is 0 Å². The minimum atomic E-state index is -1.41. The van der Waals surface area contributed by atoms with Crippen LogP contribution in [0.25, 0.3) is 0 Å². The zero-order valence-corrected chi connectivity index (χ0v) is 9.02. The number of ketones is 1. The second-order valence-corrected chi connectivity index (χ2v) is 4.09. The van der Waals surface area contributed by atoms with Crippen LogP contribution < -0.4 is 5.32 Å². The fraction of sp³-hybridized carbons (Fsp3) is 0.333. The van der Waals surface area contributed by atoms with E-state index < -0.39 is 17.7 Å². The van der Waals surface area contributed by atoms with Gasteiger partial charge in [-0.1, -0.05) is 12.1 Å².